The summed E-state index contributed by atoms with van der Waals surface area (Å²) in [6.45, 7) is 0.691. The molecule has 3 rings (SSSR count). The molecule has 0 spiro atoms. The van der Waals surface area contributed by atoms with Gasteiger partial charge < -0.3 is 20.4 Å². The fourth-order valence-electron chi connectivity index (χ4n) is 3.12. The van der Waals surface area contributed by atoms with Crippen molar-refractivity contribution in [1.29, 1.82) is 0 Å². The maximum Gasteiger partial charge on any atom is 0.326 e. The van der Waals surface area contributed by atoms with Crippen molar-refractivity contribution in [3.8, 4) is 0 Å². The Hall–Kier alpha value is -1.92. The first-order valence-electron chi connectivity index (χ1n) is 7.08. The smallest absolute Gasteiger partial charge is 0.326 e. The number of hydrogen-bond acceptors (Lipinski definition) is 4. The number of amides is 1. The van der Waals surface area contributed by atoms with Gasteiger partial charge >= 0.3 is 5.97 Å². The predicted molar refractivity (Wildman–Crippen MR) is 74.5 cm³/mol. The van der Waals surface area contributed by atoms with Gasteiger partial charge in [-0.3, -0.25) is 4.79 Å². The summed E-state index contributed by atoms with van der Waals surface area (Å²) in [5.74, 6) is -1.30. The lowest BCUT2D eigenvalue weighted by Crippen LogP contribution is -2.52. The second-order valence-corrected chi connectivity index (χ2v) is 5.64. The molecule has 1 fully saturated rings. The van der Waals surface area contributed by atoms with Crippen molar-refractivity contribution in [1.82, 2.24) is 10.2 Å². The molecule has 0 saturated carbocycles. The van der Waals surface area contributed by atoms with E-state index >= 15 is 0 Å². The molecule has 3 atom stereocenters. The number of likely N-dealkylation sites (tertiary alicyclic amines) is 1. The van der Waals surface area contributed by atoms with Gasteiger partial charge in [-0.2, -0.15) is 0 Å². The van der Waals surface area contributed by atoms with Gasteiger partial charge in [-0.15, -0.1) is 0 Å². The van der Waals surface area contributed by atoms with Crippen LogP contribution in [0.15, 0.2) is 24.3 Å². The van der Waals surface area contributed by atoms with Gasteiger partial charge in [-0.05, 0) is 17.5 Å². The van der Waals surface area contributed by atoms with Crippen molar-refractivity contribution in [2.24, 2.45) is 0 Å². The van der Waals surface area contributed by atoms with Crippen LogP contribution in [0.3, 0.4) is 0 Å². The van der Waals surface area contributed by atoms with Crippen LogP contribution in [-0.2, 0) is 22.6 Å². The number of nitrogens with one attached hydrogen (secondary N) is 1. The Bertz CT molecular complexity index is 575. The number of rotatable bonds is 2. The summed E-state index contributed by atoms with van der Waals surface area (Å²) in [5.41, 5.74) is 2.28. The average molecular weight is 290 g/mol. The molecule has 6 nitrogen and oxygen atoms in total. The van der Waals surface area contributed by atoms with Gasteiger partial charge in [-0.25, -0.2) is 4.79 Å². The van der Waals surface area contributed by atoms with E-state index in [1.165, 1.54) is 4.90 Å². The molecule has 1 saturated heterocycles. The number of carboxylic acids is 1. The maximum absolute atomic E-state index is 12.6. The molecule has 2 aliphatic rings. The summed E-state index contributed by atoms with van der Waals surface area (Å²) in [4.78, 5) is 25.1. The van der Waals surface area contributed by atoms with Crippen LogP contribution in [0.1, 0.15) is 17.5 Å². The molecule has 21 heavy (non-hydrogen) atoms. The van der Waals surface area contributed by atoms with E-state index in [9.17, 15) is 19.8 Å². The van der Waals surface area contributed by atoms with E-state index in [1.54, 1.807) is 0 Å². The van der Waals surface area contributed by atoms with Crippen molar-refractivity contribution in [2.75, 3.05) is 6.54 Å². The van der Waals surface area contributed by atoms with Crippen LogP contribution in [-0.4, -0.2) is 51.7 Å². The highest BCUT2D eigenvalue weighted by molar-refractivity contribution is 5.88. The van der Waals surface area contributed by atoms with E-state index in [0.29, 0.717) is 13.0 Å². The molecule has 2 heterocycles. The minimum absolute atomic E-state index is 0.0929. The fourth-order valence-corrected chi connectivity index (χ4v) is 3.12. The molecule has 1 amide bonds. The van der Waals surface area contributed by atoms with E-state index in [-0.39, 0.29) is 18.9 Å². The van der Waals surface area contributed by atoms with Crippen LogP contribution >= 0.6 is 0 Å². The highest BCUT2D eigenvalue weighted by Crippen LogP contribution is 2.22. The second-order valence-electron chi connectivity index (χ2n) is 5.64. The van der Waals surface area contributed by atoms with E-state index in [0.717, 1.165) is 11.1 Å². The van der Waals surface area contributed by atoms with Gasteiger partial charge in [0, 0.05) is 19.5 Å². The molecule has 2 unspecified atom stereocenters. The first kappa shape index (κ1) is 14.0. The molecule has 3 N–H and O–H groups in total. The largest absolute Gasteiger partial charge is 0.480 e. The molecule has 0 aromatic heterocycles. The van der Waals surface area contributed by atoms with Crippen LogP contribution in [0.25, 0.3) is 0 Å². The molecule has 1 aromatic carbocycles. The highest BCUT2D eigenvalue weighted by atomic mass is 16.4. The van der Waals surface area contributed by atoms with Gasteiger partial charge in [0.2, 0.25) is 5.91 Å². The second kappa shape index (κ2) is 5.46. The van der Waals surface area contributed by atoms with Crippen LogP contribution in [0.2, 0.25) is 0 Å². The van der Waals surface area contributed by atoms with Crippen molar-refractivity contribution in [2.45, 2.75) is 37.6 Å². The molecule has 6 heteroatoms. The van der Waals surface area contributed by atoms with Gasteiger partial charge in [0.1, 0.15) is 6.04 Å². The standard InChI is InChI=1S/C15H18N2O4/c18-11-6-13(15(20)21)17(8-11)14(19)12-5-9-3-1-2-4-10(9)7-16-12/h1-4,11-13,16,18H,5-8H2,(H,20,21)/t11?,12?,13-/m0/s1. The predicted octanol–water partition coefficient (Wildman–Crippen LogP) is -0.253. The fraction of sp³-hybridized carbons (Fsp3) is 0.467. The summed E-state index contributed by atoms with van der Waals surface area (Å²) >= 11 is 0. The van der Waals surface area contributed by atoms with Crippen LogP contribution in [0.4, 0.5) is 0 Å². The summed E-state index contributed by atoms with van der Waals surface area (Å²) in [6.07, 6.45) is -0.107. The summed E-state index contributed by atoms with van der Waals surface area (Å²) in [5, 5.41) is 22.0. The van der Waals surface area contributed by atoms with Crippen LogP contribution in [0.5, 0.6) is 0 Å². The molecular formula is C15H18N2O4. The zero-order valence-electron chi connectivity index (χ0n) is 11.5. The lowest BCUT2D eigenvalue weighted by atomic mass is 9.95. The Morgan fingerprint density at radius 3 is 2.67 bits per heavy atom. The van der Waals surface area contributed by atoms with Gasteiger partial charge in [0.25, 0.3) is 0 Å². The molecule has 0 radical (unpaired) electrons. The number of carbonyl (C=O) groups excluding carboxylic acids is 1. The molecular weight excluding hydrogens is 272 g/mol. The Kier molecular flexibility index (Phi) is 3.65. The van der Waals surface area contributed by atoms with E-state index in [4.69, 9.17) is 0 Å². The monoisotopic (exact) mass is 290 g/mol. The molecule has 2 aliphatic heterocycles. The normalized spacial score (nSPS) is 28.2. The highest BCUT2D eigenvalue weighted by Gasteiger charge is 2.41. The van der Waals surface area contributed by atoms with Crippen molar-refractivity contribution < 1.29 is 19.8 Å². The summed E-state index contributed by atoms with van der Waals surface area (Å²) in [6, 6.07) is 6.55. The van der Waals surface area contributed by atoms with E-state index in [1.807, 2.05) is 24.3 Å². The number of aliphatic hydroxyl groups excluding tert-OH is 1. The lowest BCUT2D eigenvalue weighted by molar-refractivity contribution is -0.149. The molecule has 112 valence electrons. The minimum atomic E-state index is -1.06. The lowest BCUT2D eigenvalue weighted by Gasteiger charge is -2.30. The maximum atomic E-state index is 12.6. The summed E-state index contributed by atoms with van der Waals surface area (Å²) < 4.78 is 0. The third-order valence-electron chi connectivity index (χ3n) is 4.23. The topological polar surface area (TPSA) is 89.9 Å². The van der Waals surface area contributed by atoms with Gasteiger partial charge in [0.15, 0.2) is 0 Å². The van der Waals surface area contributed by atoms with Crippen LogP contribution < -0.4 is 5.32 Å². The number of carbonyl (C=O) groups is 2. The Morgan fingerprint density at radius 1 is 1.24 bits per heavy atom. The average Bonchev–Trinajstić information content (AvgIpc) is 2.88. The number of aliphatic hydroxyl groups is 1. The number of hydrogen-bond donors (Lipinski definition) is 3. The number of aliphatic carboxylic acids is 1. The zero-order valence-corrected chi connectivity index (χ0v) is 11.5. The summed E-state index contributed by atoms with van der Waals surface area (Å²) in [7, 11) is 0. The van der Waals surface area contributed by atoms with E-state index in [2.05, 4.69) is 5.32 Å². The Labute approximate surface area is 122 Å². The minimum Gasteiger partial charge on any atom is -0.480 e. The van der Waals surface area contributed by atoms with Gasteiger partial charge in [-0.1, -0.05) is 24.3 Å². The first-order valence-corrected chi connectivity index (χ1v) is 7.08. The Balaban J connectivity index is 1.76. The third kappa shape index (κ3) is 2.64. The number of nitrogens with zero attached hydrogens (tertiary/aromatic N) is 1. The molecule has 1 aromatic rings. The SMILES string of the molecule is O=C(O)[C@@H]1CC(O)CN1C(=O)C1Cc2ccccc2CN1. The zero-order chi connectivity index (χ0) is 15.0. The molecule has 0 bridgehead atoms. The van der Waals surface area contributed by atoms with Crippen LogP contribution in [0, 0.1) is 0 Å². The van der Waals surface area contributed by atoms with Crippen molar-refractivity contribution in [3.63, 3.8) is 0 Å². The number of carboxylic acid groups (broad SMARTS) is 1. The quantitative estimate of drug-likeness (QED) is 0.699. The Morgan fingerprint density at radius 2 is 1.95 bits per heavy atom. The number of β-amino-alcohol motifs (C(OH)–C–C–N with tert-alkyl or cyclic N) is 1. The number of benzene rings is 1. The molecule has 0 aliphatic carbocycles. The van der Waals surface area contributed by atoms with E-state index < -0.39 is 24.2 Å². The van der Waals surface area contributed by atoms with Gasteiger partial charge in [0.05, 0.1) is 12.1 Å². The number of fused-ring (bicyclic) bond motifs is 1. The third-order valence-corrected chi connectivity index (χ3v) is 4.23. The van der Waals surface area contributed by atoms with Crippen molar-refractivity contribution >= 4 is 11.9 Å². The first-order chi connectivity index (χ1) is 10.1. The van der Waals surface area contributed by atoms with Crippen molar-refractivity contribution in [3.05, 3.63) is 35.4 Å².